The predicted molar refractivity (Wildman–Crippen MR) is 98.7 cm³/mol. The van der Waals surface area contributed by atoms with Crippen molar-refractivity contribution in [3.63, 3.8) is 0 Å². The molecule has 0 saturated carbocycles. The summed E-state index contributed by atoms with van der Waals surface area (Å²) in [6.07, 6.45) is 2.00. The van der Waals surface area contributed by atoms with Gasteiger partial charge < -0.3 is 10.1 Å². The van der Waals surface area contributed by atoms with Crippen molar-refractivity contribution in [1.82, 2.24) is 5.32 Å². The first kappa shape index (κ1) is 18.3. The van der Waals surface area contributed by atoms with E-state index in [0.717, 1.165) is 12.8 Å². The second-order valence-electron chi connectivity index (χ2n) is 5.85. The molecule has 0 saturated heterocycles. The number of hydrogen-bond acceptors (Lipinski definition) is 2. The van der Waals surface area contributed by atoms with Gasteiger partial charge in [-0.3, -0.25) is 4.79 Å². The molecule has 0 aromatic heterocycles. The van der Waals surface area contributed by atoms with Crippen LogP contribution in [0.15, 0.2) is 48.5 Å². The molecule has 2 aromatic rings. The molecule has 0 unspecified atom stereocenters. The minimum Gasteiger partial charge on any atom is -0.481 e. The number of halogens is 1. The second kappa shape index (κ2) is 9.33. The number of ether oxygens (including phenoxy) is 1. The van der Waals surface area contributed by atoms with Crippen molar-refractivity contribution in [2.75, 3.05) is 6.54 Å². The molecule has 3 nitrogen and oxygen atoms in total. The Labute approximate surface area is 149 Å². The molecule has 0 spiro atoms. The topological polar surface area (TPSA) is 38.3 Å². The number of benzene rings is 2. The van der Waals surface area contributed by atoms with E-state index in [1.165, 1.54) is 11.1 Å². The van der Waals surface area contributed by atoms with Gasteiger partial charge in [-0.05, 0) is 56.0 Å². The van der Waals surface area contributed by atoms with E-state index in [1.807, 2.05) is 6.92 Å². The van der Waals surface area contributed by atoms with E-state index in [2.05, 4.69) is 36.5 Å². The molecule has 0 aliphatic heterocycles. The number of rotatable bonds is 8. The summed E-state index contributed by atoms with van der Waals surface area (Å²) in [6.45, 7) is 4.67. The Morgan fingerprint density at radius 2 is 1.96 bits per heavy atom. The van der Waals surface area contributed by atoms with Crippen molar-refractivity contribution in [1.29, 1.82) is 0 Å². The Morgan fingerprint density at radius 1 is 1.21 bits per heavy atom. The van der Waals surface area contributed by atoms with Crippen LogP contribution in [-0.4, -0.2) is 18.6 Å². The lowest BCUT2D eigenvalue weighted by molar-refractivity contribution is -0.128. The maximum Gasteiger partial charge on any atom is 0.261 e. The van der Waals surface area contributed by atoms with Gasteiger partial charge >= 0.3 is 0 Å². The van der Waals surface area contributed by atoms with E-state index in [9.17, 15) is 4.79 Å². The van der Waals surface area contributed by atoms with E-state index in [4.69, 9.17) is 16.3 Å². The minimum atomic E-state index is -0.481. The van der Waals surface area contributed by atoms with E-state index < -0.39 is 6.10 Å². The van der Waals surface area contributed by atoms with Crippen LogP contribution in [0.1, 0.15) is 30.9 Å². The van der Waals surface area contributed by atoms with Gasteiger partial charge in [0.05, 0.1) is 0 Å². The number of carbonyl (C=O) groups excluding carboxylic acids is 1. The van der Waals surface area contributed by atoms with Crippen LogP contribution in [0.4, 0.5) is 0 Å². The molecule has 0 fully saturated rings. The molecule has 2 rings (SSSR count). The molecule has 4 heteroatoms. The number of carbonyl (C=O) groups is 1. The summed E-state index contributed by atoms with van der Waals surface area (Å²) in [5.74, 6) is 0.581. The van der Waals surface area contributed by atoms with Crippen LogP contribution in [0.25, 0.3) is 0 Å². The molecule has 0 radical (unpaired) electrons. The number of nitrogens with one attached hydrogen (secondary N) is 1. The van der Waals surface area contributed by atoms with Gasteiger partial charge in [0, 0.05) is 11.6 Å². The van der Waals surface area contributed by atoms with Gasteiger partial charge in [-0.1, -0.05) is 48.4 Å². The van der Waals surface area contributed by atoms with E-state index in [1.54, 1.807) is 24.3 Å². The summed E-state index contributed by atoms with van der Waals surface area (Å²) in [6, 6.07) is 15.5. The predicted octanol–water partition coefficient (Wildman–Crippen LogP) is 4.55. The molecule has 128 valence electrons. The lowest BCUT2D eigenvalue weighted by Crippen LogP contribution is -2.38. The Balaban J connectivity index is 1.76. The molecular formula is C20H24ClNO2. The number of aryl methyl sites for hydroxylation is 2. The van der Waals surface area contributed by atoms with Crippen LogP contribution in [-0.2, 0) is 11.2 Å². The smallest absolute Gasteiger partial charge is 0.261 e. The highest BCUT2D eigenvalue weighted by molar-refractivity contribution is 6.30. The normalized spacial score (nSPS) is 11.8. The molecule has 1 atom stereocenters. The van der Waals surface area contributed by atoms with Gasteiger partial charge in [-0.2, -0.15) is 0 Å². The van der Waals surface area contributed by atoms with Gasteiger partial charge in [0.15, 0.2) is 6.10 Å². The second-order valence-corrected chi connectivity index (χ2v) is 6.29. The molecule has 24 heavy (non-hydrogen) atoms. The van der Waals surface area contributed by atoms with Crippen LogP contribution in [0.2, 0.25) is 5.02 Å². The summed E-state index contributed by atoms with van der Waals surface area (Å²) in [5, 5.41) is 3.61. The third-order valence-electron chi connectivity index (χ3n) is 3.78. The summed E-state index contributed by atoms with van der Waals surface area (Å²) >= 11 is 5.85. The van der Waals surface area contributed by atoms with E-state index in [0.29, 0.717) is 23.7 Å². The van der Waals surface area contributed by atoms with Crippen LogP contribution in [0.5, 0.6) is 5.75 Å². The summed E-state index contributed by atoms with van der Waals surface area (Å²) in [5.41, 5.74) is 2.56. The average Bonchev–Trinajstić information content (AvgIpc) is 2.58. The Hall–Kier alpha value is -2.00. The Bertz CT molecular complexity index is 655. The first-order valence-electron chi connectivity index (χ1n) is 8.34. The van der Waals surface area contributed by atoms with Crippen LogP contribution in [0.3, 0.4) is 0 Å². The fourth-order valence-electron chi connectivity index (χ4n) is 2.49. The highest BCUT2D eigenvalue weighted by Gasteiger charge is 2.17. The lowest BCUT2D eigenvalue weighted by Gasteiger charge is -2.17. The highest BCUT2D eigenvalue weighted by atomic mass is 35.5. The molecule has 1 amide bonds. The number of hydrogen-bond donors (Lipinski definition) is 1. The van der Waals surface area contributed by atoms with Gasteiger partial charge in [-0.15, -0.1) is 0 Å². The summed E-state index contributed by atoms with van der Waals surface area (Å²) < 4.78 is 5.74. The maximum atomic E-state index is 12.2. The first-order valence-corrected chi connectivity index (χ1v) is 8.71. The molecular weight excluding hydrogens is 322 g/mol. The summed E-state index contributed by atoms with van der Waals surface area (Å²) in [4.78, 5) is 12.2. The van der Waals surface area contributed by atoms with Gasteiger partial charge in [-0.25, -0.2) is 0 Å². The molecule has 0 heterocycles. The van der Waals surface area contributed by atoms with Gasteiger partial charge in [0.25, 0.3) is 5.91 Å². The Morgan fingerprint density at radius 3 is 2.62 bits per heavy atom. The fourth-order valence-corrected chi connectivity index (χ4v) is 2.61. The van der Waals surface area contributed by atoms with Crippen molar-refractivity contribution >= 4 is 17.5 Å². The maximum absolute atomic E-state index is 12.2. The monoisotopic (exact) mass is 345 g/mol. The first-order chi connectivity index (χ1) is 11.6. The van der Waals surface area contributed by atoms with Crippen molar-refractivity contribution in [2.24, 2.45) is 0 Å². The largest absolute Gasteiger partial charge is 0.481 e. The average molecular weight is 346 g/mol. The van der Waals surface area contributed by atoms with Crippen molar-refractivity contribution in [3.8, 4) is 5.75 Å². The third kappa shape index (κ3) is 5.89. The third-order valence-corrected chi connectivity index (χ3v) is 4.03. The molecule has 0 aliphatic rings. The van der Waals surface area contributed by atoms with Crippen LogP contribution < -0.4 is 10.1 Å². The summed E-state index contributed by atoms with van der Waals surface area (Å²) in [7, 11) is 0. The van der Waals surface area contributed by atoms with Gasteiger partial charge in [0.2, 0.25) is 0 Å². The van der Waals surface area contributed by atoms with Crippen molar-refractivity contribution in [3.05, 3.63) is 64.7 Å². The van der Waals surface area contributed by atoms with E-state index >= 15 is 0 Å². The molecule has 2 aromatic carbocycles. The van der Waals surface area contributed by atoms with Crippen LogP contribution >= 0.6 is 11.6 Å². The number of amides is 1. The standard InChI is InChI=1S/C20H24ClNO2/c1-3-19(24-18-11-9-17(21)10-12-18)20(23)22-13-5-8-16-7-4-6-15(2)14-16/h4,6-7,9-12,14,19H,3,5,8,13H2,1-2H3,(H,22,23)/t19-/m0/s1. The fraction of sp³-hybridized carbons (Fsp3) is 0.350. The highest BCUT2D eigenvalue weighted by Crippen LogP contribution is 2.17. The molecule has 1 N–H and O–H groups in total. The zero-order chi connectivity index (χ0) is 17.4. The molecule has 0 bridgehead atoms. The zero-order valence-electron chi connectivity index (χ0n) is 14.2. The minimum absolute atomic E-state index is 0.0725. The van der Waals surface area contributed by atoms with Crippen molar-refractivity contribution in [2.45, 2.75) is 39.2 Å². The van der Waals surface area contributed by atoms with Crippen LogP contribution in [0, 0.1) is 6.92 Å². The Kier molecular flexibility index (Phi) is 7.13. The van der Waals surface area contributed by atoms with Gasteiger partial charge in [0.1, 0.15) is 5.75 Å². The lowest BCUT2D eigenvalue weighted by atomic mass is 10.1. The zero-order valence-corrected chi connectivity index (χ0v) is 15.0. The quantitative estimate of drug-likeness (QED) is 0.712. The SMILES string of the molecule is CC[C@H](Oc1ccc(Cl)cc1)C(=O)NCCCc1cccc(C)c1. The molecule has 0 aliphatic carbocycles. The van der Waals surface area contributed by atoms with Crippen molar-refractivity contribution < 1.29 is 9.53 Å². The van der Waals surface area contributed by atoms with E-state index in [-0.39, 0.29) is 5.91 Å².